The van der Waals surface area contributed by atoms with Crippen LogP contribution in [0.25, 0.3) is 11.0 Å². The standard InChI is InChI=1S/C19H18F4N4O/c1-4-11(3)27-17-14(9-24-27)13(7-10(2)25-17)18(28)26-16-8-12(19(21,22)23)5-6-15(16)20/h5-9,11H,4H2,1-3H3,(H,26,28). The van der Waals surface area contributed by atoms with Crippen LogP contribution in [0.2, 0.25) is 0 Å². The van der Waals surface area contributed by atoms with Crippen molar-refractivity contribution >= 4 is 22.6 Å². The van der Waals surface area contributed by atoms with E-state index in [2.05, 4.69) is 15.4 Å². The number of nitrogens with one attached hydrogen (secondary N) is 1. The predicted molar refractivity (Wildman–Crippen MR) is 96.6 cm³/mol. The fourth-order valence-corrected chi connectivity index (χ4v) is 2.81. The van der Waals surface area contributed by atoms with Gasteiger partial charge in [-0.25, -0.2) is 14.1 Å². The van der Waals surface area contributed by atoms with Crippen LogP contribution in [0, 0.1) is 12.7 Å². The lowest BCUT2D eigenvalue weighted by Crippen LogP contribution is -2.15. The molecular formula is C19H18F4N4O. The molecule has 0 saturated carbocycles. The molecule has 148 valence electrons. The second-order valence-electron chi connectivity index (χ2n) is 6.54. The molecule has 28 heavy (non-hydrogen) atoms. The number of hydrogen-bond acceptors (Lipinski definition) is 3. The zero-order chi connectivity index (χ0) is 20.6. The van der Waals surface area contributed by atoms with E-state index >= 15 is 0 Å². The summed E-state index contributed by atoms with van der Waals surface area (Å²) in [6.45, 7) is 5.63. The summed E-state index contributed by atoms with van der Waals surface area (Å²) in [6.07, 6.45) is -2.38. The van der Waals surface area contributed by atoms with Gasteiger partial charge >= 0.3 is 6.18 Å². The second kappa shape index (κ2) is 7.21. The molecule has 1 aromatic carbocycles. The topological polar surface area (TPSA) is 59.8 Å². The third kappa shape index (κ3) is 3.69. The number of anilines is 1. The largest absolute Gasteiger partial charge is 0.416 e. The Kier molecular flexibility index (Phi) is 5.10. The maximum absolute atomic E-state index is 14.0. The van der Waals surface area contributed by atoms with Gasteiger partial charge in [-0.2, -0.15) is 18.3 Å². The number of carbonyl (C=O) groups is 1. The number of rotatable bonds is 4. The van der Waals surface area contributed by atoms with E-state index in [4.69, 9.17) is 0 Å². The van der Waals surface area contributed by atoms with Crippen molar-refractivity contribution in [1.29, 1.82) is 0 Å². The zero-order valence-corrected chi connectivity index (χ0v) is 15.4. The summed E-state index contributed by atoms with van der Waals surface area (Å²) in [7, 11) is 0. The Hall–Kier alpha value is -2.97. The SMILES string of the molecule is CCC(C)n1ncc2c(C(=O)Nc3cc(C(F)(F)F)ccc3F)cc(C)nc21. The van der Waals surface area contributed by atoms with E-state index in [1.165, 1.54) is 12.3 Å². The normalized spacial score (nSPS) is 13.0. The number of halogens is 4. The molecule has 0 saturated heterocycles. The summed E-state index contributed by atoms with van der Waals surface area (Å²) < 4.78 is 54.3. The van der Waals surface area contributed by atoms with Gasteiger partial charge in [-0.1, -0.05) is 6.92 Å². The predicted octanol–water partition coefficient (Wildman–Crippen LogP) is 5.12. The van der Waals surface area contributed by atoms with E-state index in [1.807, 2.05) is 13.8 Å². The van der Waals surface area contributed by atoms with Gasteiger partial charge in [-0.3, -0.25) is 4.79 Å². The highest BCUT2D eigenvalue weighted by Gasteiger charge is 2.31. The molecule has 0 radical (unpaired) electrons. The minimum Gasteiger partial charge on any atom is -0.319 e. The highest BCUT2D eigenvalue weighted by atomic mass is 19.4. The van der Waals surface area contributed by atoms with Crippen LogP contribution < -0.4 is 5.32 Å². The molecular weight excluding hydrogens is 376 g/mol. The van der Waals surface area contributed by atoms with Crippen LogP contribution >= 0.6 is 0 Å². The van der Waals surface area contributed by atoms with Gasteiger partial charge in [0.2, 0.25) is 0 Å². The van der Waals surface area contributed by atoms with Gasteiger partial charge in [-0.15, -0.1) is 0 Å². The van der Waals surface area contributed by atoms with Crippen LogP contribution in [0.15, 0.2) is 30.5 Å². The average Bonchev–Trinajstić information content (AvgIpc) is 3.04. The summed E-state index contributed by atoms with van der Waals surface area (Å²) in [6, 6.07) is 3.40. The van der Waals surface area contributed by atoms with Gasteiger partial charge in [0.25, 0.3) is 5.91 Å². The Labute approximate surface area is 158 Å². The Morgan fingerprint density at radius 3 is 2.64 bits per heavy atom. The lowest BCUT2D eigenvalue weighted by atomic mass is 10.1. The highest BCUT2D eigenvalue weighted by Crippen LogP contribution is 2.32. The molecule has 2 aromatic heterocycles. The van der Waals surface area contributed by atoms with Gasteiger partial charge in [0, 0.05) is 5.69 Å². The maximum atomic E-state index is 14.0. The van der Waals surface area contributed by atoms with Gasteiger partial charge < -0.3 is 5.32 Å². The van der Waals surface area contributed by atoms with Crippen LogP contribution in [-0.2, 0) is 6.18 Å². The Morgan fingerprint density at radius 1 is 1.29 bits per heavy atom. The third-order valence-electron chi connectivity index (χ3n) is 4.49. The molecule has 3 aromatic rings. The van der Waals surface area contributed by atoms with Crippen molar-refractivity contribution < 1.29 is 22.4 Å². The summed E-state index contributed by atoms with van der Waals surface area (Å²) >= 11 is 0. The molecule has 0 aliphatic carbocycles. The number of fused-ring (bicyclic) bond motifs is 1. The summed E-state index contributed by atoms with van der Waals surface area (Å²) in [5.74, 6) is -1.70. The van der Waals surface area contributed by atoms with Crippen LogP contribution in [0.1, 0.15) is 47.9 Å². The summed E-state index contributed by atoms with van der Waals surface area (Å²) in [5.41, 5.74) is -0.410. The fourth-order valence-electron chi connectivity index (χ4n) is 2.81. The number of hydrogen-bond donors (Lipinski definition) is 1. The van der Waals surface area contributed by atoms with E-state index in [1.54, 1.807) is 11.6 Å². The Bertz CT molecular complexity index is 1040. The molecule has 2 heterocycles. The van der Waals surface area contributed by atoms with Gasteiger partial charge in [0.1, 0.15) is 5.82 Å². The van der Waals surface area contributed by atoms with Crippen molar-refractivity contribution in [3.05, 3.63) is 53.1 Å². The second-order valence-corrected chi connectivity index (χ2v) is 6.54. The van der Waals surface area contributed by atoms with Crippen molar-refractivity contribution in [2.75, 3.05) is 5.32 Å². The molecule has 1 atom stereocenters. The number of pyridine rings is 1. The van der Waals surface area contributed by atoms with Crippen LogP contribution in [0.4, 0.5) is 23.2 Å². The number of benzene rings is 1. The number of aryl methyl sites for hydroxylation is 1. The lowest BCUT2D eigenvalue weighted by molar-refractivity contribution is -0.137. The molecule has 0 aliphatic heterocycles. The number of alkyl halides is 3. The van der Waals surface area contributed by atoms with Gasteiger partial charge in [0.15, 0.2) is 5.65 Å². The number of amides is 1. The van der Waals surface area contributed by atoms with Crippen molar-refractivity contribution in [3.8, 4) is 0 Å². The zero-order valence-electron chi connectivity index (χ0n) is 15.4. The molecule has 3 rings (SSSR count). The molecule has 0 aliphatic rings. The smallest absolute Gasteiger partial charge is 0.319 e. The van der Waals surface area contributed by atoms with Crippen molar-refractivity contribution in [3.63, 3.8) is 0 Å². The summed E-state index contributed by atoms with van der Waals surface area (Å²) in [4.78, 5) is 17.1. The molecule has 5 nitrogen and oxygen atoms in total. The van der Waals surface area contributed by atoms with E-state index in [0.717, 1.165) is 6.42 Å². The number of carbonyl (C=O) groups excluding carboxylic acids is 1. The minimum absolute atomic E-state index is 0.0450. The van der Waals surface area contributed by atoms with E-state index in [0.29, 0.717) is 34.9 Å². The van der Waals surface area contributed by atoms with Crippen molar-refractivity contribution in [1.82, 2.24) is 14.8 Å². The maximum Gasteiger partial charge on any atom is 0.416 e. The fraction of sp³-hybridized carbons (Fsp3) is 0.316. The molecule has 0 bridgehead atoms. The van der Waals surface area contributed by atoms with Crippen molar-refractivity contribution in [2.45, 2.75) is 39.4 Å². The number of aromatic nitrogens is 3. The van der Waals surface area contributed by atoms with Crippen LogP contribution in [0.3, 0.4) is 0 Å². The van der Waals surface area contributed by atoms with Crippen LogP contribution in [-0.4, -0.2) is 20.7 Å². The van der Waals surface area contributed by atoms with E-state index in [9.17, 15) is 22.4 Å². The third-order valence-corrected chi connectivity index (χ3v) is 4.49. The lowest BCUT2D eigenvalue weighted by Gasteiger charge is -2.13. The van der Waals surface area contributed by atoms with Gasteiger partial charge in [0.05, 0.1) is 34.4 Å². The molecule has 0 fully saturated rings. The first-order valence-corrected chi connectivity index (χ1v) is 8.64. The van der Waals surface area contributed by atoms with Gasteiger partial charge in [-0.05, 0) is 44.5 Å². The monoisotopic (exact) mass is 394 g/mol. The van der Waals surface area contributed by atoms with Crippen molar-refractivity contribution in [2.24, 2.45) is 0 Å². The quantitative estimate of drug-likeness (QED) is 0.625. The first-order valence-electron chi connectivity index (χ1n) is 8.64. The van der Waals surface area contributed by atoms with Crippen LogP contribution in [0.5, 0.6) is 0 Å². The average molecular weight is 394 g/mol. The molecule has 0 spiro atoms. The Morgan fingerprint density at radius 2 is 2.00 bits per heavy atom. The molecule has 1 N–H and O–H groups in total. The first-order chi connectivity index (χ1) is 13.1. The minimum atomic E-state index is -4.65. The van der Waals surface area contributed by atoms with E-state index in [-0.39, 0.29) is 11.6 Å². The Balaban J connectivity index is 2.02. The first kappa shape index (κ1) is 19.8. The molecule has 9 heteroatoms. The summed E-state index contributed by atoms with van der Waals surface area (Å²) in [5, 5.41) is 6.95. The molecule has 1 unspecified atom stereocenters. The molecule has 1 amide bonds. The highest BCUT2D eigenvalue weighted by molar-refractivity contribution is 6.12. The number of nitrogens with zero attached hydrogens (tertiary/aromatic N) is 3. The van der Waals surface area contributed by atoms with E-state index < -0.39 is 29.2 Å².